The van der Waals surface area contributed by atoms with Crippen molar-refractivity contribution in [1.82, 2.24) is 9.88 Å². The first-order valence-corrected chi connectivity index (χ1v) is 10.8. The Kier molecular flexibility index (Phi) is 9.10. The number of hydrogen-bond acceptors (Lipinski definition) is 3. The second kappa shape index (κ2) is 11.5. The van der Waals surface area contributed by atoms with Gasteiger partial charge in [-0.15, -0.1) is 0 Å². The molecule has 0 amide bonds. The Morgan fingerprint density at radius 2 is 2.10 bits per heavy atom. The van der Waals surface area contributed by atoms with Crippen LogP contribution in [0.15, 0.2) is 77.2 Å². The van der Waals surface area contributed by atoms with Crippen LogP contribution in [-0.2, 0) is 5.92 Å². The Bertz CT molecular complexity index is 911. The monoisotopic (exact) mass is 425 g/mol. The summed E-state index contributed by atoms with van der Waals surface area (Å²) in [5, 5.41) is 0. The van der Waals surface area contributed by atoms with E-state index in [1.54, 1.807) is 12.3 Å². The van der Waals surface area contributed by atoms with Crippen molar-refractivity contribution >= 4 is 11.8 Å². The highest BCUT2D eigenvalue weighted by atomic mass is 19.3. The Morgan fingerprint density at radius 3 is 2.74 bits per heavy atom. The van der Waals surface area contributed by atoms with Gasteiger partial charge in [0.1, 0.15) is 5.69 Å². The van der Waals surface area contributed by atoms with Crippen molar-refractivity contribution < 1.29 is 8.78 Å². The average Bonchev–Trinajstić information content (AvgIpc) is 2.73. The molecule has 31 heavy (non-hydrogen) atoms. The quantitative estimate of drug-likeness (QED) is 0.313. The first-order chi connectivity index (χ1) is 14.8. The summed E-state index contributed by atoms with van der Waals surface area (Å²) < 4.78 is 27.5. The summed E-state index contributed by atoms with van der Waals surface area (Å²) in [4.78, 5) is 10.8. The molecular weight excluding hydrogens is 392 g/mol. The number of halogens is 2. The van der Waals surface area contributed by atoms with E-state index < -0.39 is 5.92 Å². The van der Waals surface area contributed by atoms with Gasteiger partial charge in [0.2, 0.25) is 0 Å². The maximum Gasteiger partial charge on any atom is 0.286 e. The highest BCUT2D eigenvalue weighted by molar-refractivity contribution is 5.82. The van der Waals surface area contributed by atoms with Crippen LogP contribution in [0.3, 0.4) is 0 Å². The number of alkyl halides is 2. The minimum absolute atomic E-state index is 0.242. The molecule has 0 fully saturated rings. The summed E-state index contributed by atoms with van der Waals surface area (Å²) in [6.07, 6.45) is 15.8. The SMILES string of the molecule is C=CC1=C(\N=C/C=C/C(=C\C=C(C)C)c2ccnc(C(C)(F)F)c2)CCCN1CCC. The smallest absolute Gasteiger partial charge is 0.286 e. The van der Waals surface area contributed by atoms with E-state index in [2.05, 4.69) is 28.4 Å². The summed E-state index contributed by atoms with van der Waals surface area (Å²) in [5.41, 5.74) is 4.51. The van der Waals surface area contributed by atoms with Gasteiger partial charge in [0, 0.05) is 32.4 Å². The Labute approximate surface area is 185 Å². The molecule has 1 aromatic heterocycles. The molecule has 1 aliphatic rings. The van der Waals surface area contributed by atoms with E-state index in [-0.39, 0.29) is 5.69 Å². The first-order valence-electron chi connectivity index (χ1n) is 10.8. The minimum atomic E-state index is -2.98. The number of rotatable bonds is 9. The number of hydrogen-bond donors (Lipinski definition) is 0. The third-order valence-electron chi connectivity index (χ3n) is 4.90. The molecule has 0 unspecified atom stereocenters. The second-order valence-corrected chi connectivity index (χ2v) is 7.95. The molecule has 0 bridgehead atoms. The Hall–Kier alpha value is -2.82. The molecule has 0 radical (unpaired) electrons. The van der Waals surface area contributed by atoms with Crippen LogP contribution >= 0.6 is 0 Å². The second-order valence-electron chi connectivity index (χ2n) is 7.95. The first kappa shape index (κ1) is 24.4. The fraction of sp³-hybridized carbons (Fsp3) is 0.385. The van der Waals surface area contributed by atoms with Crippen LogP contribution in [0.5, 0.6) is 0 Å². The van der Waals surface area contributed by atoms with Crippen LogP contribution in [0.2, 0.25) is 0 Å². The van der Waals surface area contributed by atoms with E-state index >= 15 is 0 Å². The third-order valence-corrected chi connectivity index (χ3v) is 4.90. The fourth-order valence-electron chi connectivity index (χ4n) is 3.38. The van der Waals surface area contributed by atoms with E-state index in [0.29, 0.717) is 5.56 Å². The zero-order chi connectivity index (χ0) is 22.9. The standard InChI is InChI=1S/C26H33F2N3/c1-6-17-31-18-9-11-23(24(31)7-2)29-15-8-10-21(13-12-20(3)4)22-14-16-30-25(19-22)26(5,27)28/h7-8,10,12-16,19H,2,6,9,11,17-18H2,1,3-5H3/b10-8+,21-13+,29-15-. The minimum Gasteiger partial charge on any atom is -0.370 e. The largest absolute Gasteiger partial charge is 0.370 e. The van der Waals surface area contributed by atoms with E-state index in [0.717, 1.165) is 61.8 Å². The molecule has 0 saturated carbocycles. The molecule has 0 aromatic carbocycles. The van der Waals surface area contributed by atoms with Gasteiger partial charge in [-0.3, -0.25) is 9.98 Å². The lowest BCUT2D eigenvalue weighted by Gasteiger charge is -2.30. The van der Waals surface area contributed by atoms with Gasteiger partial charge in [0.05, 0.1) is 11.4 Å². The van der Waals surface area contributed by atoms with Gasteiger partial charge >= 0.3 is 0 Å². The Morgan fingerprint density at radius 1 is 1.32 bits per heavy atom. The molecule has 3 nitrogen and oxygen atoms in total. The van der Waals surface area contributed by atoms with Crippen molar-refractivity contribution in [2.45, 2.75) is 52.9 Å². The lowest BCUT2D eigenvalue weighted by atomic mass is 10.0. The molecule has 2 rings (SSSR count). The van der Waals surface area contributed by atoms with Gasteiger partial charge in [-0.1, -0.05) is 37.3 Å². The number of allylic oxidation sites excluding steroid dienone is 8. The van der Waals surface area contributed by atoms with Crippen molar-refractivity contribution in [2.75, 3.05) is 13.1 Å². The predicted molar refractivity (Wildman–Crippen MR) is 127 cm³/mol. The zero-order valence-electron chi connectivity index (χ0n) is 19.0. The molecular formula is C26H33F2N3. The van der Waals surface area contributed by atoms with Gasteiger partial charge in [0.25, 0.3) is 5.92 Å². The van der Waals surface area contributed by atoms with Crippen molar-refractivity contribution in [3.8, 4) is 0 Å². The summed E-state index contributed by atoms with van der Waals surface area (Å²) in [7, 11) is 0. The van der Waals surface area contributed by atoms with Crippen LogP contribution in [0.25, 0.3) is 5.57 Å². The highest BCUT2D eigenvalue weighted by Gasteiger charge is 2.26. The predicted octanol–water partition coefficient (Wildman–Crippen LogP) is 7.07. The lowest BCUT2D eigenvalue weighted by Crippen LogP contribution is -2.28. The van der Waals surface area contributed by atoms with Gasteiger partial charge in [-0.25, -0.2) is 0 Å². The number of pyridine rings is 1. The van der Waals surface area contributed by atoms with Crippen LogP contribution in [0, 0.1) is 0 Å². The number of nitrogens with zero attached hydrogens (tertiary/aromatic N) is 3. The van der Waals surface area contributed by atoms with E-state index in [9.17, 15) is 8.78 Å². The van der Waals surface area contributed by atoms with Crippen LogP contribution < -0.4 is 0 Å². The number of aliphatic imine (C=N–C) groups is 1. The number of aromatic nitrogens is 1. The van der Waals surface area contributed by atoms with E-state index in [4.69, 9.17) is 0 Å². The third kappa shape index (κ3) is 7.42. The molecule has 1 aliphatic heterocycles. The van der Waals surface area contributed by atoms with Crippen LogP contribution in [0.4, 0.5) is 8.78 Å². The van der Waals surface area contributed by atoms with E-state index in [1.807, 2.05) is 44.2 Å². The van der Waals surface area contributed by atoms with Gasteiger partial charge < -0.3 is 4.90 Å². The molecule has 0 N–H and O–H groups in total. The summed E-state index contributed by atoms with van der Waals surface area (Å²) in [6, 6.07) is 3.18. The lowest BCUT2D eigenvalue weighted by molar-refractivity contribution is 0.0127. The van der Waals surface area contributed by atoms with Crippen LogP contribution in [0.1, 0.15) is 58.2 Å². The zero-order valence-corrected chi connectivity index (χ0v) is 19.0. The van der Waals surface area contributed by atoms with E-state index in [1.165, 1.54) is 12.3 Å². The van der Waals surface area contributed by atoms with Gasteiger partial charge in [0.15, 0.2) is 0 Å². The summed E-state index contributed by atoms with van der Waals surface area (Å²) >= 11 is 0. The fourth-order valence-corrected chi connectivity index (χ4v) is 3.38. The Balaban J connectivity index is 2.31. The van der Waals surface area contributed by atoms with Crippen molar-refractivity contribution in [1.29, 1.82) is 0 Å². The van der Waals surface area contributed by atoms with Crippen molar-refractivity contribution in [3.63, 3.8) is 0 Å². The highest BCUT2D eigenvalue weighted by Crippen LogP contribution is 2.28. The molecule has 2 heterocycles. The summed E-state index contributed by atoms with van der Waals surface area (Å²) in [5.74, 6) is -2.98. The average molecular weight is 426 g/mol. The molecule has 0 saturated heterocycles. The van der Waals surface area contributed by atoms with Gasteiger partial charge in [-0.05, 0) is 68.5 Å². The van der Waals surface area contributed by atoms with Crippen molar-refractivity contribution in [3.05, 3.63) is 83.5 Å². The topological polar surface area (TPSA) is 28.5 Å². The molecule has 0 aliphatic carbocycles. The molecule has 0 atom stereocenters. The molecule has 5 heteroatoms. The molecule has 166 valence electrons. The molecule has 0 spiro atoms. The van der Waals surface area contributed by atoms with Crippen molar-refractivity contribution in [2.24, 2.45) is 4.99 Å². The van der Waals surface area contributed by atoms with Crippen LogP contribution in [-0.4, -0.2) is 29.2 Å². The maximum absolute atomic E-state index is 13.7. The molecule has 1 aromatic rings. The summed E-state index contributed by atoms with van der Waals surface area (Å²) in [6.45, 7) is 13.0. The van der Waals surface area contributed by atoms with Gasteiger partial charge in [-0.2, -0.15) is 8.78 Å². The normalized spacial score (nSPS) is 15.8. The maximum atomic E-state index is 13.7.